The summed E-state index contributed by atoms with van der Waals surface area (Å²) in [5, 5.41) is 8.06. The molecule has 21 heavy (non-hydrogen) atoms. The average molecular weight is 292 g/mol. The number of hydrogen-bond acceptors (Lipinski definition) is 6. The van der Waals surface area contributed by atoms with E-state index in [1.165, 1.54) is 12.0 Å². The van der Waals surface area contributed by atoms with Crippen LogP contribution in [0.3, 0.4) is 0 Å². The van der Waals surface area contributed by atoms with Gasteiger partial charge in [0.25, 0.3) is 5.91 Å². The summed E-state index contributed by atoms with van der Waals surface area (Å²) >= 11 is 0. The molecule has 0 bridgehead atoms. The standard InChI is InChI=1S/C14H20N4O3/c1-9-7-18(8-10(9)14(20)21-4)12-6-5-11(15-16-12)13(19)17(2)3/h5-6,9-10H,7-8H2,1-4H3. The Labute approximate surface area is 123 Å². The van der Waals surface area contributed by atoms with Gasteiger partial charge in [-0.1, -0.05) is 6.92 Å². The molecule has 0 spiro atoms. The molecule has 7 nitrogen and oxygen atoms in total. The fraction of sp³-hybridized carbons (Fsp3) is 0.571. The number of hydrogen-bond donors (Lipinski definition) is 0. The first-order valence-corrected chi connectivity index (χ1v) is 6.82. The van der Waals surface area contributed by atoms with E-state index in [1.54, 1.807) is 26.2 Å². The van der Waals surface area contributed by atoms with Crippen molar-refractivity contribution < 1.29 is 14.3 Å². The molecule has 1 fully saturated rings. The number of methoxy groups -OCH3 is 1. The number of rotatable bonds is 3. The SMILES string of the molecule is COC(=O)C1CN(c2ccc(C(=O)N(C)C)nn2)CC1C. The van der Waals surface area contributed by atoms with Crippen LogP contribution < -0.4 is 4.90 Å². The second-order valence-corrected chi connectivity index (χ2v) is 5.49. The quantitative estimate of drug-likeness (QED) is 0.752. The summed E-state index contributed by atoms with van der Waals surface area (Å²) < 4.78 is 4.81. The van der Waals surface area contributed by atoms with E-state index in [4.69, 9.17) is 4.74 Å². The van der Waals surface area contributed by atoms with Crippen molar-refractivity contribution in [1.29, 1.82) is 0 Å². The van der Waals surface area contributed by atoms with Gasteiger partial charge in [-0.25, -0.2) is 0 Å². The lowest BCUT2D eigenvalue weighted by Gasteiger charge is -2.16. The van der Waals surface area contributed by atoms with Crippen molar-refractivity contribution in [1.82, 2.24) is 15.1 Å². The van der Waals surface area contributed by atoms with Crippen molar-refractivity contribution in [3.63, 3.8) is 0 Å². The highest BCUT2D eigenvalue weighted by Gasteiger charge is 2.36. The molecule has 1 aliphatic heterocycles. The zero-order valence-corrected chi connectivity index (χ0v) is 12.7. The topological polar surface area (TPSA) is 75.6 Å². The number of nitrogens with zero attached hydrogens (tertiary/aromatic N) is 4. The molecule has 0 aromatic carbocycles. The van der Waals surface area contributed by atoms with Gasteiger partial charge in [-0.2, -0.15) is 0 Å². The summed E-state index contributed by atoms with van der Waals surface area (Å²) in [6, 6.07) is 3.41. The van der Waals surface area contributed by atoms with Crippen LogP contribution in [0.25, 0.3) is 0 Å². The van der Waals surface area contributed by atoms with E-state index in [-0.39, 0.29) is 23.7 Å². The van der Waals surface area contributed by atoms with Crippen LogP contribution in [0.1, 0.15) is 17.4 Å². The minimum absolute atomic E-state index is 0.153. The summed E-state index contributed by atoms with van der Waals surface area (Å²) in [6.07, 6.45) is 0. The van der Waals surface area contributed by atoms with E-state index >= 15 is 0 Å². The van der Waals surface area contributed by atoms with Crippen molar-refractivity contribution in [3.05, 3.63) is 17.8 Å². The molecule has 1 amide bonds. The van der Waals surface area contributed by atoms with Crippen molar-refractivity contribution in [2.75, 3.05) is 39.2 Å². The third kappa shape index (κ3) is 3.12. The van der Waals surface area contributed by atoms with Crippen LogP contribution in [-0.2, 0) is 9.53 Å². The van der Waals surface area contributed by atoms with Gasteiger partial charge in [0.1, 0.15) is 0 Å². The predicted molar refractivity (Wildman–Crippen MR) is 76.9 cm³/mol. The maximum atomic E-state index is 11.8. The number of carbonyl (C=O) groups is 2. The molecule has 0 radical (unpaired) electrons. The van der Waals surface area contributed by atoms with Crippen LogP contribution in [0.5, 0.6) is 0 Å². The van der Waals surface area contributed by atoms with Gasteiger partial charge < -0.3 is 14.5 Å². The highest BCUT2D eigenvalue weighted by molar-refractivity contribution is 5.91. The smallest absolute Gasteiger partial charge is 0.310 e. The lowest BCUT2D eigenvalue weighted by molar-refractivity contribution is -0.145. The molecule has 1 aromatic heterocycles. The largest absolute Gasteiger partial charge is 0.469 e. The van der Waals surface area contributed by atoms with E-state index in [9.17, 15) is 9.59 Å². The van der Waals surface area contributed by atoms with E-state index in [2.05, 4.69) is 10.2 Å². The molecular weight excluding hydrogens is 272 g/mol. The van der Waals surface area contributed by atoms with E-state index in [0.717, 1.165) is 6.54 Å². The predicted octanol–water partition coefficient (Wildman–Crippen LogP) is 0.424. The van der Waals surface area contributed by atoms with Gasteiger partial charge in [-0.05, 0) is 18.1 Å². The van der Waals surface area contributed by atoms with Crippen LogP contribution in [0.15, 0.2) is 12.1 Å². The molecule has 2 atom stereocenters. The molecular formula is C14H20N4O3. The van der Waals surface area contributed by atoms with Crippen LogP contribution >= 0.6 is 0 Å². The number of amides is 1. The summed E-state index contributed by atoms with van der Waals surface area (Å²) in [5.41, 5.74) is 0.306. The average Bonchev–Trinajstić information content (AvgIpc) is 2.87. The van der Waals surface area contributed by atoms with Crippen LogP contribution in [0, 0.1) is 11.8 Å². The van der Waals surface area contributed by atoms with E-state index < -0.39 is 0 Å². The fourth-order valence-electron chi connectivity index (χ4n) is 2.45. The third-order valence-electron chi connectivity index (χ3n) is 3.72. The van der Waals surface area contributed by atoms with Crippen LogP contribution in [0.2, 0.25) is 0 Å². The number of anilines is 1. The maximum absolute atomic E-state index is 11.8. The molecule has 0 aliphatic carbocycles. The maximum Gasteiger partial charge on any atom is 0.310 e. The highest BCUT2D eigenvalue weighted by Crippen LogP contribution is 2.27. The zero-order valence-electron chi connectivity index (χ0n) is 12.7. The highest BCUT2D eigenvalue weighted by atomic mass is 16.5. The lowest BCUT2D eigenvalue weighted by atomic mass is 9.99. The first kappa shape index (κ1) is 15.2. The summed E-state index contributed by atoms with van der Waals surface area (Å²) in [4.78, 5) is 26.9. The Bertz CT molecular complexity index is 530. The monoisotopic (exact) mass is 292 g/mol. The number of ether oxygens (including phenoxy) is 1. The Morgan fingerprint density at radius 1 is 1.29 bits per heavy atom. The van der Waals surface area contributed by atoms with Crippen molar-refractivity contribution in [3.8, 4) is 0 Å². The summed E-state index contributed by atoms with van der Waals surface area (Å²) in [5.74, 6) is 0.333. The third-order valence-corrected chi connectivity index (χ3v) is 3.72. The second-order valence-electron chi connectivity index (χ2n) is 5.49. The molecule has 0 saturated carbocycles. The Kier molecular flexibility index (Phi) is 4.40. The van der Waals surface area contributed by atoms with Gasteiger partial charge in [0.2, 0.25) is 0 Å². The first-order valence-electron chi connectivity index (χ1n) is 6.82. The Morgan fingerprint density at radius 2 is 2.00 bits per heavy atom. The van der Waals surface area contributed by atoms with Gasteiger partial charge in [-0.3, -0.25) is 9.59 Å². The van der Waals surface area contributed by atoms with E-state index in [0.29, 0.717) is 18.1 Å². The molecule has 2 rings (SSSR count). The van der Waals surface area contributed by atoms with Crippen molar-refractivity contribution in [2.24, 2.45) is 11.8 Å². The van der Waals surface area contributed by atoms with Gasteiger partial charge >= 0.3 is 5.97 Å². The zero-order chi connectivity index (χ0) is 15.6. The minimum Gasteiger partial charge on any atom is -0.469 e. The molecule has 2 heterocycles. The normalized spacial score (nSPS) is 21.2. The second kappa shape index (κ2) is 6.07. The van der Waals surface area contributed by atoms with Crippen molar-refractivity contribution in [2.45, 2.75) is 6.92 Å². The van der Waals surface area contributed by atoms with Crippen molar-refractivity contribution >= 4 is 17.7 Å². The van der Waals surface area contributed by atoms with E-state index in [1.807, 2.05) is 11.8 Å². The summed E-state index contributed by atoms with van der Waals surface area (Å²) in [6.45, 7) is 3.29. The molecule has 0 N–H and O–H groups in total. The fourth-order valence-corrected chi connectivity index (χ4v) is 2.45. The minimum atomic E-state index is -0.197. The van der Waals surface area contributed by atoms with Gasteiger partial charge in [-0.15, -0.1) is 10.2 Å². The Balaban J connectivity index is 2.10. The Morgan fingerprint density at radius 3 is 2.52 bits per heavy atom. The molecule has 114 valence electrons. The number of carbonyl (C=O) groups excluding carboxylic acids is 2. The van der Waals surface area contributed by atoms with Crippen LogP contribution in [-0.4, -0.2) is 61.3 Å². The van der Waals surface area contributed by atoms with Crippen LogP contribution in [0.4, 0.5) is 5.82 Å². The first-order chi connectivity index (χ1) is 9.93. The van der Waals surface area contributed by atoms with Gasteiger partial charge in [0.15, 0.2) is 11.5 Å². The molecule has 2 unspecified atom stereocenters. The number of esters is 1. The molecule has 1 aromatic rings. The van der Waals surface area contributed by atoms with Gasteiger partial charge in [0.05, 0.1) is 13.0 Å². The van der Waals surface area contributed by atoms with Gasteiger partial charge in [0, 0.05) is 27.2 Å². The lowest BCUT2D eigenvalue weighted by Crippen LogP contribution is -2.26. The summed E-state index contributed by atoms with van der Waals surface area (Å²) in [7, 11) is 4.74. The Hall–Kier alpha value is -2.18. The number of aromatic nitrogens is 2. The molecule has 1 saturated heterocycles. The molecule has 1 aliphatic rings. The molecule has 7 heteroatoms.